The van der Waals surface area contributed by atoms with Gasteiger partial charge in [-0.3, -0.25) is 4.79 Å². The quantitative estimate of drug-likeness (QED) is 0.593. The third kappa shape index (κ3) is 3.04. The summed E-state index contributed by atoms with van der Waals surface area (Å²) in [5.74, 6) is 0.482. The summed E-state index contributed by atoms with van der Waals surface area (Å²) in [4.78, 5) is 16.8. The molecule has 0 unspecified atom stereocenters. The molecule has 1 N–H and O–H groups in total. The number of imidazole rings is 1. The zero-order valence-corrected chi connectivity index (χ0v) is 14.2. The first-order valence-electron chi connectivity index (χ1n) is 8.23. The van der Waals surface area contributed by atoms with Gasteiger partial charge in [-0.25, -0.2) is 9.67 Å². The Labute approximate surface area is 149 Å². The van der Waals surface area contributed by atoms with Crippen LogP contribution in [0.2, 0.25) is 0 Å². The largest absolute Gasteiger partial charge is 0.350 e. The highest BCUT2D eigenvalue weighted by Gasteiger charge is 2.10. The van der Waals surface area contributed by atoms with E-state index < -0.39 is 0 Å². The van der Waals surface area contributed by atoms with Gasteiger partial charge in [0.25, 0.3) is 5.91 Å². The van der Waals surface area contributed by atoms with E-state index in [2.05, 4.69) is 25.8 Å². The minimum atomic E-state index is -0.133. The van der Waals surface area contributed by atoms with Gasteiger partial charge < -0.3 is 9.88 Å². The maximum Gasteiger partial charge on any atom is 0.251 e. The standard InChI is InChI=1S/C18H17N7O/c1-24-17(21-22-23-24)13-5-4-6-14(11-13)18(26)19-9-10-25-12-20-15-7-2-3-8-16(15)25/h2-8,11-12H,9-10H2,1H3,(H,19,26). The van der Waals surface area contributed by atoms with Gasteiger partial charge in [0, 0.05) is 31.3 Å². The molecule has 4 rings (SSSR count). The summed E-state index contributed by atoms with van der Waals surface area (Å²) in [5.41, 5.74) is 3.37. The predicted molar refractivity (Wildman–Crippen MR) is 96.3 cm³/mol. The molecule has 26 heavy (non-hydrogen) atoms. The van der Waals surface area contributed by atoms with Crippen LogP contribution in [-0.2, 0) is 13.6 Å². The van der Waals surface area contributed by atoms with Crippen LogP contribution in [0.3, 0.4) is 0 Å². The Bertz CT molecular complexity index is 1070. The highest BCUT2D eigenvalue weighted by molar-refractivity contribution is 5.95. The van der Waals surface area contributed by atoms with Gasteiger partial charge in [0.1, 0.15) is 0 Å². The van der Waals surface area contributed by atoms with Crippen molar-refractivity contribution in [1.82, 2.24) is 35.1 Å². The summed E-state index contributed by atoms with van der Waals surface area (Å²) in [6.07, 6.45) is 1.79. The third-order valence-electron chi connectivity index (χ3n) is 4.17. The lowest BCUT2D eigenvalue weighted by Gasteiger charge is -2.08. The van der Waals surface area contributed by atoms with Crippen LogP contribution in [-0.4, -0.2) is 42.2 Å². The van der Waals surface area contributed by atoms with Crippen LogP contribution in [0, 0.1) is 0 Å². The minimum Gasteiger partial charge on any atom is -0.350 e. The number of nitrogens with one attached hydrogen (secondary N) is 1. The topological polar surface area (TPSA) is 90.5 Å². The lowest BCUT2D eigenvalue weighted by molar-refractivity contribution is 0.0952. The number of amides is 1. The van der Waals surface area contributed by atoms with E-state index in [1.165, 1.54) is 0 Å². The van der Waals surface area contributed by atoms with E-state index in [4.69, 9.17) is 0 Å². The smallest absolute Gasteiger partial charge is 0.251 e. The van der Waals surface area contributed by atoms with Crippen LogP contribution in [0.5, 0.6) is 0 Å². The third-order valence-corrected chi connectivity index (χ3v) is 4.17. The van der Waals surface area contributed by atoms with E-state index in [1.807, 2.05) is 41.0 Å². The maximum absolute atomic E-state index is 12.4. The molecule has 0 aliphatic carbocycles. The van der Waals surface area contributed by atoms with Gasteiger partial charge in [0.2, 0.25) is 0 Å². The van der Waals surface area contributed by atoms with Gasteiger partial charge >= 0.3 is 0 Å². The van der Waals surface area contributed by atoms with E-state index in [1.54, 1.807) is 30.2 Å². The Balaban J connectivity index is 1.43. The highest BCUT2D eigenvalue weighted by Crippen LogP contribution is 2.16. The molecule has 0 aliphatic rings. The number of fused-ring (bicyclic) bond motifs is 1. The number of benzene rings is 2. The van der Waals surface area contributed by atoms with E-state index in [-0.39, 0.29) is 5.91 Å². The fourth-order valence-electron chi connectivity index (χ4n) is 2.85. The van der Waals surface area contributed by atoms with Gasteiger partial charge in [0.05, 0.1) is 17.4 Å². The average molecular weight is 347 g/mol. The normalized spacial score (nSPS) is 11.0. The molecule has 0 saturated carbocycles. The number of carbonyl (C=O) groups is 1. The molecule has 0 radical (unpaired) electrons. The molecule has 2 aromatic carbocycles. The Hall–Kier alpha value is -3.55. The summed E-state index contributed by atoms with van der Waals surface area (Å²) < 4.78 is 3.60. The molecule has 0 spiro atoms. The van der Waals surface area contributed by atoms with E-state index in [0.717, 1.165) is 16.6 Å². The molecule has 2 aromatic heterocycles. The zero-order chi connectivity index (χ0) is 17.9. The van der Waals surface area contributed by atoms with E-state index in [9.17, 15) is 4.79 Å². The molecule has 0 bridgehead atoms. The van der Waals surface area contributed by atoms with Crippen LogP contribution in [0.15, 0.2) is 54.9 Å². The van der Waals surface area contributed by atoms with Crippen molar-refractivity contribution in [3.05, 3.63) is 60.4 Å². The van der Waals surface area contributed by atoms with Crippen molar-refractivity contribution in [1.29, 1.82) is 0 Å². The van der Waals surface area contributed by atoms with Crippen molar-refractivity contribution in [3.63, 3.8) is 0 Å². The van der Waals surface area contributed by atoms with Crippen molar-refractivity contribution >= 4 is 16.9 Å². The molecule has 8 heteroatoms. The number of aryl methyl sites for hydroxylation is 1. The van der Waals surface area contributed by atoms with E-state index >= 15 is 0 Å². The van der Waals surface area contributed by atoms with Gasteiger partial charge in [-0.1, -0.05) is 24.3 Å². The number of tetrazole rings is 1. The fraction of sp³-hybridized carbons (Fsp3) is 0.167. The SMILES string of the molecule is Cn1nnnc1-c1cccc(C(=O)NCCn2cnc3ccccc32)c1. The van der Waals surface area contributed by atoms with Crippen LogP contribution in [0.1, 0.15) is 10.4 Å². The second-order valence-corrected chi connectivity index (χ2v) is 5.89. The van der Waals surface area contributed by atoms with Gasteiger partial charge in [-0.05, 0) is 34.7 Å². The Morgan fingerprint density at radius 1 is 1.15 bits per heavy atom. The molecule has 130 valence electrons. The Morgan fingerprint density at radius 2 is 2.04 bits per heavy atom. The number of hydrogen-bond donors (Lipinski definition) is 1. The second kappa shape index (κ2) is 6.75. The number of rotatable bonds is 5. The van der Waals surface area contributed by atoms with Crippen molar-refractivity contribution in [2.24, 2.45) is 7.05 Å². The molecule has 0 fully saturated rings. The van der Waals surface area contributed by atoms with Crippen LogP contribution in [0.25, 0.3) is 22.4 Å². The van der Waals surface area contributed by atoms with Gasteiger partial charge in [0.15, 0.2) is 5.82 Å². The van der Waals surface area contributed by atoms with Gasteiger partial charge in [-0.15, -0.1) is 5.10 Å². The lowest BCUT2D eigenvalue weighted by atomic mass is 10.1. The highest BCUT2D eigenvalue weighted by atomic mass is 16.1. The first kappa shape index (κ1) is 15.9. The van der Waals surface area contributed by atoms with E-state index in [0.29, 0.717) is 24.5 Å². The van der Waals surface area contributed by atoms with Crippen molar-refractivity contribution in [3.8, 4) is 11.4 Å². The number of aromatic nitrogens is 6. The number of hydrogen-bond acceptors (Lipinski definition) is 5. The molecule has 0 atom stereocenters. The number of carbonyl (C=O) groups excluding carboxylic acids is 1. The first-order valence-corrected chi connectivity index (χ1v) is 8.23. The molecule has 0 aliphatic heterocycles. The Morgan fingerprint density at radius 3 is 2.88 bits per heavy atom. The molecule has 4 aromatic rings. The van der Waals surface area contributed by atoms with Gasteiger partial charge in [-0.2, -0.15) is 0 Å². The average Bonchev–Trinajstić information content (AvgIpc) is 3.28. The molecule has 1 amide bonds. The Kier molecular flexibility index (Phi) is 4.14. The summed E-state index contributed by atoms with van der Waals surface area (Å²) in [7, 11) is 1.76. The summed E-state index contributed by atoms with van der Waals surface area (Å²) in [5, 5.41) is 14.4. The monoisotopic (exact) mass is 347 g/mol. The molecular formula is C18H17N7O. The van der Waals surface area contributed by atoms with Crippen molar-refractivity contribution < 1.29 is 4.79 Å². The number of nitrogens with zero attached hydrogens (tertiary/aromatic N) is 6. The summed E-state index contributed by atoms with van der Waals surface area (Å²) in [6.45, 7) is 1.16. The van der Waals surface area contributed by atoms with Crippen LogP contribution < -0.4 is 5.32 Å². The molecular weight excluding hydrogens is 330 g/mol. The number of para-hydroxylation sites is 2. The minimum absolute atomic E-state index is 0.133. The fourth-order valence-corrected chi connectivity index (χ4v) is 2.85. The summed E-state index contributed by atoms with van der Waals surface area (Å²) >= 11 is 0. The van der Waals surface area contributed by atoms with Crippen LogP contribution in [0.4, 0.5) is 0 Å². The molecule has 8 nitrogen and oxygen atoms in total. The first-order chi connectivity index (χ1) is 12.7. The second-order valence-electron chi connectivity index (χ2n) is 5.89. The summed E-state index contributed by atoms with van der Waals surface area (Å²) in [6, 6.07) is 15.2. The lowest BCUT2D eigenvalue weighted by Crippen LogP contribution is -2.27. The van der Waals surface area contributed by atoms with Crippen molar-refractivity contribution in [2.45, 2.75) is 6.54 Å². The van der Waals surface area contributed by atoms with Crippen molar-refractivity contribution in [2.75, 3.05) is 6.54 Å². The molecule has 2 heterocycles. The maximum atomic E-state index is 12.4. The predicted octanol–water partition coefficient (Wildman–Crippen LogP) is 1.66. The zero-order valence-electron chi connectivity index (χ0n) is 14.2. The molecule has 0 saturated heterocycles. The van der Waals surface area contributed by atoms with Crippen LogP contribution >= 0.6 is 0 Å².